The van der Waals surface area contributed by atoms with Crippen LogP contribution in [-0.4, -0.2) is 58.9 Å². The minimum absolute atomic E-state index is 0.304. The van der Waals surface area contributed by atoms with Crippen molar-refractivity contribution in [3.8, 4) is 0 Å². The molecular weight excluding hydrogens is 176 g/mol. The number of aliphatic hydroxyl groups excluding tert-OH is 2. The molecule has 6 nitrogen and oxygen atoms in total. The monoisotopic (exact) mass is 190 g/mol. The van der Waals surface area contributed by atoms with Gasteiger partial charge in [0.1, 0.15) is 13.3 Å². The van der Waals surface area contributed by atoms with Gasteiger partial charge in [-0.15, -0.1) is 0 Å². The molecule has 6 heteroatoms. The normalized spacial score (nSPS) is 9.54. The zero-order chi connectivity index (χ0) is 10.4. The Morgan fingerprint density at radius 3 is 2.15 bits per heavy atom. The third-order valence-corrected chi connectivity index (χ3v) is 1.62. The van der Waals surface area contributed by atoms with Crippen LogP contribution in [0.15, 0.2) is 0 Å². The summed E-state index contributed by atoms with van der Waals surface area (Å²) in [7, 11) is 1.25. The molecule has 3 amide bonds. The Morgan fingerprint density at radius 1 is 1.31 bits per heavy atom. The second-order valence-corrected chi connectivity index (χ2v) is 2.39. The van der Waals surface area contributed by atoms with Gasteiger partial charge in [-0.2, -0.15) is 0 Å². The van der Waals surface area contributed by atoms with Gasteiger partial charge in [0, 0.05) is 13.6 Å². The minimum Gasteiger partial charge on any atom is -0.387 e. The average Bonchev–Trinajstić information content (AvgIpc) is 2.17. The molecule has 0 rings (SSSR count). The molecule has 0 aromatic rings. The van der Waals surface area contributed by atoms with Crippen molar-refractivity contribution in [3.05, 3.63) is 0 Å². The quantitative estimate of drug-likeness (QED) is 0.549. The lowest BCUT2D eigenvalue weighted by Crippen LogP contribution is -2.45. The molecule has 76 valence electrons. The summed E-state index contributed by atoms with van der Waals surface area (Å²) in [5, 5.41) is 17.2. The molecule has 0 radical (unpaired) electrons. The molecule has 0 fully saturated rings. The SMILES string of the molecule is CCN(CO)C(=O)N(C)C(=O)CO. The van der Waals surface area contributed by atoms with Gasteiger partial charge in [0.25, 0.3) is 5.91 Å². The van der Waals surface area contributed by atoms with E-state index in [1.165, 1.54) is 7.05 Å². The summed E-state index contributed by atoms with van der Waals surface area (Å²) in [5.41, 5.74) is 0. The van der Waals surface area contributed by atoms with E-state index in [0.717, 1.165) is 9.80 Å². The summed E-state index contributed by atoms with van der Waals surface area (Å²) >= 11 is 0. The van der Waals surface area contributed by atoms with Gasteiger partial charge in [-0.1, -0.05) is 0 Å². The number of likely N-dealkylation sites (N-methyl/N-ethyl adjacent to an activating group) is 1. The second kappa shape index (κ2) is 5.50. The Hall–Kier alpha value is -1.14. The van der Waals surface area contributed by atoms with E-state index in [1.54, 1.807) is 6.92 Å². The van der Waals surface area contributed by atoms with Crippen molar-refractivity contribution >= 4 is 11.9 Å². The molecule has 0 unspecified atom stereocenters. The highest BCUT2D eigenvalue weighted by molar-refractivity contribution is 5.94. The molecule has 0 aromatic carbocycles. The van der Waals surface area contributed by atoms with Crippen molar-refractivity contribution in [1.29, 1.82) is 0 Å². The van der Waals surface area contributed by atoms with Gasteiger partial charge in [0.2, 0.25) is 0 Å². The first kappa shape index (κ1) is 11.9. The molecule has 13 heavy (non-hydrogen) atoms. The van der Waals surface area contributed by atoms with Gasteiger partial charge < -0.3 is 15.1 Å². The number of amides is 3. The van der Waals surface area contributed by atoms with Crippen LogP contribution in [0.3, 0.4) is 0 Å². The summed E-state index contributed by atoms with van der Waals surface area (Å²) in [6, 6.07) is -0.621. The molecule has 0 bridgehead atoms. The Kier molecular flexibility index (Phi) is 5.01. The van der Waals surface area contributed by atoms with Gasteiger partial charge in [-0.25, -0.2) is 4.79 Å². The topological polar surface area (TPSA) is 81.1 Å². The summed E-state index contributed by atoms with van der Waals surface area (Å²) in [4.78, 5) is 23.9. The number of hydrogen-bond donors (Lipinski definition) is 2. The number of carbonyl (C=O) groups is 2. The molecule has 0 spiro atoms. The van der Waals surface area contributed by atoms with Crippen LogP contribution >= 0.6 is 0 Å². The number of hydrogen-bond acceptors (Lipinski definition) is 4. The lowest BCUT2D eigenvalue weighted by atomic mass is 10.5. The van der Waals surface area contributed by atoms with Crippen LogP contribution in [0.5, 0.6) is 0 Å². The molecule has 0 saturated heterocycles. The number of rotatable bonds is 3. The Labute approximate surface area is 76.4 Å². The number of nitrogens with zero attached hydrogens (tertiary/aromatic N) is 2. The summed E-state index contributed by atoms with van der Waals surface area (Å²) < 4.78 is 0. The van der Waals surface area contributed by atoms with E-state index in [4.69, 9.17) is 10.2 Å². The van der Waals surface area contributed by atoms with E-state index >= 15 is 0 Å². The lowest BCUT2D eigenvalue weighted by molar-refractivity contribution is -0.130. The van der Waals surface area contributed by atoms with Gasteiger partial charge in [0.05, 0.1) is 0 Å². The minimum atomic E-state index is -0.717. The third kappa shape index (κ3) is 3.00. The van der Waals surface area contributed by atoms with Gasteiger partial charge in [-0.3, -0.25) is 9.69 Å². The fourth-order valence-electron chi connectivity index (χ4n) is 0.721. The maximum Gasteiger partial charge on any atom is 0.328 e. The molecule has 0 heterocycles. The van der Waals surface area contributed by atoms with Crippen LogP contribution < -0.4 is 0 Å². The van der Waals surface area contributed by atoms with Crippen LogP contribution in [0.25, 0.3) is 0 Å². The van der Waals surface area contributed by atoms with E-state index in [2.05, 4.69) is 0 Å². The largest absolute Gasteiger partial charge is 0.387 e. The van der Waals surface area contributed by atoms with Crippen molar-refractivity contribution in [2.45, 2.75) is 6.92 Å². The summed E-state index contributed by atoms with van der Waals surface area (Å²) in [6.07, 6.45) is 0. The van der Waals surface area contributed by atoms with Crippen molar-refractivity contribution in [1.82, 2.24) is 9.80 Å². The molecular formula is C7H14N2O4. The highest BCUT2D eigenvalue weighted by Crippen LogP contribution is 1.95. The fraction of sp³-hybridized carbons (Fsp3) is 0.714. The van der Waals surface area contributed by atoms with Crippen molar-refractivity contribution in [3.63, 3.8) is 0 Å². The van der Waals surface area contributed by atoms with Crippen LogP contribution in [0.4, 0.5) is 4.79 Å². The molecule has 2 N–H and O–H groups in total. The predicted molar refractivity (Wildman–Crippen MR) is 44.7 cm³/mol. The maximum atomic E-state index is 11.3. The molecule has 0 aromatic heterocycles. The fourth-order valence-corrected chi connectivity index (χ4v) is 0.721. The maximum absolute atomic E-state index is 11.3. The highest BCUT2D eigenvalue weighted by atomic mass is 16.3. The Morgan fingerprint density at radius 2 is 1.85 bits per heavy atom. The predicted octanol–water partition coefficient (Wildman–Crippen LogP) is -1.17. The van der Waals surface area contributed by atoms with Crippen molar-refractivity contribution < 1.29 is 19.8 Å². The van der Waals surface area contributed by atoms with Gasteiger partial charge >= 0.3 is 6.03 Å². The first-order valence-corrected chi connectivity index (χ1v) is 3.85. The van der Waals surface area contributed by atoms with E-state index in [-0.39, 0.29) is 0 Å². The highest BCUT2D eigenvalue weighted by Gasteiger charge is 2.20. The summed E-state index contributed by atoms with van der Waals surface area (Å²) in [6.45, 7) is 0.813. The molecule has 0 atom stereocenters. The standard InChI is InChI=1S/C7H14N2O4/c1-3-9(5-11)7(13)8(2)6(12)4-10/h10-11H,3-5H2,1-2H3. The summed E-state index contributed by atoms with van der Waals surface area (Å²) in [5.74, 6) is -0.697. The van der Waals surface area contributed by atoms with E-state index in [9.17, 15) is 9.59 Å². The average molecular weight is 190 g/mol. The van der Waals surface area contributed by atoms with E-state index < -0.39 is 25.3 Å². The van der Waals surface area contributed by atoms with Crippen LogP contribution in [0.1, 0.15) is 6.92 Å². The first-order valence-electron chi connectivity index (χ1n) is 3.85. The Bertz CT molecular complexity index is 191. The van der Waals surface area contributed by atoms with Crippen LogP contribution in [0, 0.1) is 0 Å². The van der Waals surface area contributed by atoms with Crippen LogP contribution in [0.2, 0.25) is 0 Å². The number of aliphatic hydroxyl groups is 2. The third-order valence-electron chi connectivity index (χ3n) is 1.62. The lowest BCUT2D eigenvalue weighted by Gasteiger charge is -2.23. The smallest absolute Gasteiger partial charge is 0.328 e. The van der Waals surface area contributed by atoms with E-state index in [1.807, 2.05) is 0 Å². The van der Waals surface area contributed by atoms with Crippen molar-refractivity contribution in [2.24, 2.45) is 0 Å². The first-order chi connectivity index (χ1) is 6.08. The molecule has 0 aliphatic carbocycles. The Balaban J connectivity index is 4.31. The van der Waals surface area contributed by atoms with Crippen molar-refractivity contribution in [2.75, 3.05) is 26.9 Å². The number of urea groups is 1. The zero-order valence-electron chi connectivity index (χ0n) is 7.73. The van der Waals surface area contributed by atoms with E-state index in [0.29, 0.717) is 6.54 Å². The molecule has 0 aliphatic heterocycles. The number of imide groups is 1. The second-order valence-electron chi connectivity index (χ2n) is 2.39. The van der Waals surface area contributed by atoms with Crippen LogP contribution in [-0.2, 0) is 4.79 Å². The molecule has 0 aliphatic rings. The van der Waals surface area contributed by atoms with Gasteiger partial charge in [-0.05, 0) is 6.92 Å². The molecule has 0 saturated carbocycles. The zero-order valence-corrected chi connectivity index (χ0v) is 7.73. The van der Waals surface area contributed by atoms with Gasteiger partial charge in [0.15, 0.2) is 0 Å². The number of carbonyl (C=O) groups excluding carboxylic acids is 2.